The van der Waals surface area contributed by atoms with Crippen LogP contribution < -0.4 is 5.73 Å². The molecule has 2 unspecified atom stereocenters. The molecular formula is C27H37FN4O3. The average molecular weight is 485 g/mol. The summed E-state index contributed by atoms with van der Waals surface area (Å²) in [6, 6.07) is 4.33. The van der Waals surface area contributed by atoms with Crippen molar-refractivity contribution in [1.29, 1.82) is 5.41 Å². The number of amides is 1. The van der Waals surface area contributed by atoms with Crippen LogP contribution in [0.2, 0.25) is 0 Å². The predicted molar refractivity (Wildman–Crippen MR) is 133 cm³/mol. The Bertz CT molecular complexity index is 1000. The van der Waals surface area contributed by atoms with Crippen LogP contribution in [0.15, 0.2) is 24.8 Å². The molecule has 3 aliphatic rings. The number of piperidine rings is 2. The maximum absolute atomic E-state index is 14.4. The fraction of sp³-hybridized carbons (Fsp3) is 0.593. The number of ether oxygens (including phenoxy) is 1. The number of nitrogens with one attached hydrogen (secondary N) is 1. The van der Waals surface area contributed by atoms with E-state index in [2.05, 4.69) is 25.3 Å². The molecule has 0 aromatic heterocycles. The van der Waals surface area contributed by atoms with Crippen LogP contribution >= 0.6 is 0 Å². The number of carbonyl (C=O) groups excluding carboxylic acids is 2. The molecule has 35 heavy (non-hydrogen) atoms. The molecule has 0 radical (unpaired) electrons. The molecule has 8 heteroatoms. The summed E-state index contributed by atoms with van der Waals surface area (Å²) < 4.78 is 20.3. The summed E-state index contributed by atoms with van der Waals surface area (Å²) in [6.07, 6.45) is 3.99. The Labute approximate surface area is 207 Å². The van der Waals surface area contributed by atoms with Crippen LogP contribution in [0.25, 0.3) is 5.57 Å². The van der Waals surface area contributed by atoms with Gasteiger partial charge in [0, 0.05) is 11.1 Å². The van der Waals surface area contributed by atoms with Gasteiger partial charge in [0.1, 0.15) is 12.4 Å². The van der Waals surface area contributed by atoms with E-state index < -0.39 is 23.8 Å². The topological polar surface area (TPSA) is 99.7 Å². The number of halogens is 1. The maximum atomic E-state index is 14.4. The third-order valence-electron chi connectivity index (χ3n) is 7.71. The first-order valence-electron chi connectivity index (χ1n) is 12.8. The molecule has 2 heterocycles. The molecule has 3 N–H and O–H groups in total. The van der Waals surface area contributed by atoms with Crippen molar-refractivity contribution in [2.24, 2.45) is 23.5 Å². The second-order valence-electron chi connectivity index (χ2n) is 10.3. The monoisotopic (exact) mass is 484 g/mol. The first-order chi connectivity index (χ1) is 16.7. The molecule has 2 aliphatic heterocycles. The lowest BCUT2D eigenvalue weighted by Gasteiger charge is -2.39. The maximum Gasteiger partial charge on any atom is 0.228 e. The molecule has 4 atom stereocenters. The van der Waals surface area contributed by atoms with Gasteiger partial charge in [-0.15, -0.1) is 0 Å². The van der Waals surface area contributed by atoms with Crippen molar-refractivity contribution in [1.82, 2.24) is 9.80 Å². The molecule has 1 aromatic rings. The van der Waals surface area contributed by atoms with Gasteiger partial charge in [-0.1, -0.05) is 39.0 Å². The molecule has 1 aliphatic carbocycles. The lowest BCUT2D eigenvalue weighted by Crippen LogP contribution is -2.55. The van der Waals surface area contributed by atoms with E-state index in [1.165, 1.54) is 18.6 Å². The summed E-state index contributed by atoms with van der Waals surface area (Å²) >= 11 is 0. The van der Waals surface area contributed by atoms with Crippen LogP contribution in [0.3, 0.4) is 0 Å². The van der Waals surface area contributed by atoms with Crippen LogP contribution in [-0.2, 0) is 9.53 Å². The Hall–Kier alpha value is -2.58. The summed E-state index contributed by atoms with van der Waals surface area (Å²) in [4.78, 5) is 30.4. The number of hydrogen-bond donors (Lipinski definition) is 2. The molecule has 7 nitrogen and oxygen atoms in total. The number of ketones is 1. The minimum Gasteiger partial charge on any atom is -0.478 e. The average Bonchev–Trinajstić information content (AvgIpc) is 3.08. The number of carbonyl (C=O) groups is 2. The van der Waals surface area contributed by atoms with E-state index in [0.29, 0.717) is 24.0 Å². The number of nitrogens with zero attached hydrogens (tertiary/aromatic N) is 2. The summed E-state index contributed by atoms with van der Waals surface area (Å²) in [7, 11) is 0. The van der Waals surface area contributed by atoms with Gasteiger partial charge in [0.15, 0.2) is 11.7 Å². The van der Waals surface area contributed by atoms with Crippen molar-refractivity contribution in [3.63, 3.8) is 0 Å². The minimum absolute atomic E-state index is 0.0818. The number of benzene rings is 1. The zero-order valence-corrected chi connectivity index (χ0v) is 20.8. The van der Waals surface area contributed by atoms with Gasteiger partial charge < -0.3 is 15.4 Å². The van der Waals surface area contributed by atoms with Gasteiger partial charge in [-0.3, -0.25) is 19.9 Å². The van der Waals surface area contributed by atoms with E-state index >= 15 is 0 Å². The van der Waals surface area contributed by atoms with Crippen molar-refractivity contribution in [2.45, 2.75) is 58.2 Å². The standard InChI is InChI=1S/C27H37FN4O3/c1-16(2)24(31-12-5-4-6-13-31)26(30)35-15-14-32-21(29)11-10-19(27(32)34)23-17(3)22-18(25(23)33)8-7-9-20(22)28/h7-9,16,19,21,23-24,30H,3-6,10-15,29H2,1-2H3/t19?,21?,23-,24+/m1/s1. The molecule has 1 aromatic carbocycles. The molecular weight excluding hydrogens is 447 g/mol. The van der Waals surface area contributed by atoms with Crippen molar-refractivity contribution >= 4 is 23.2 Å². The van der Waals surface area contributed by atoms with Gasteiger partial charge in [-0.25, -0.2) is 4.39 Å². The molecule has 190 valence electrons. The van der Waals surface area contributed by atoms with Crippen molar-refractivity contribution < 1.29 is 18.7 Å². The Balaban J connectivity index is 1.40. The third kappa shape index (κ3) is 4.91. The molecule has 0 spiro atoms. The van der Waals surface area contributed by atoms with Crippen LogP contribution in [0.5, 0.6) is 0 Å². The number of rotatable bonds is 7. The normalized spacial score (nSPS) is 26.3. The predicted octanol–water partition coefficient (Wildman–Crippen LogP) is 3.68. The highest BCUT2D eigenvalue weighted by Gasteiger charge is 2.47. The highest BCUT2D eigenvalue weighted by atomic mass is 19.1. The van der Waals surface area contributed by atoms with Crippen LogP contribution in [0.1, 0.15) is 61.9 Å². The number of hydrogen-bond acceptors (Lipinski definition) is 6. The van der Waals surface area contributed by atoms with E-state index in [1.54, 1.807) is 11.0 Å². The molecule has 2 saturated heterocycles. The fourth-order valence-electron chi connectivity index (χ4n) is 5.98. The summed E-state index contributed by atoms with van der Waals surface area (Å²) in [5, 5.41) is 8.56. The van der Waals surface area contributed by atoms with Gasteiger partial charge >= 0.3 is 0 Å². The van der Waals surface area contributed by atoms with Crippen LogP contribution in [-0.4, -0.2) is 65.8 Å². The Morgan fingerprint density at radius 3 is 2.60 bits per heavy atom. The molecule has 1 amide bonds. The highest BCUT2D eigenvalue weighted by Crippen LogP contribution is 2.44. The first-order valence-corrected chi connectivity index (χ1v) is 12.8. The van der Waals surface area contributed by atoms with Crippen molar-refractivity contribution in [3.05, 3.63) is 41.7 Å². The molecule has 0 bridgehead atoms. The lowest BCUT2D eigenvalue weighted by atomic mass is 9.79. The zero-order valence-electron chi connectivity index (χ0n) is 20.8. The number of allylic oxidation sites excluding steroid dienone is 1. The SMILES string of the molecule is C=C1c2c(F)cccc2C(=O)[C@H]1C1CCC(N)N(CCOC(=N)[C@H](C(C)C)N2CCCCC2)C1=O. The van der Waals surface area contributed by atoms with Gasteiger partial charge in [0.05, 0.1) is 30.6 Å². The van der Waals surface area contributed by atoms with Crippen LogP contribution in [0, 0.1) is 29.0 Å². The van der Waals surface area contributed by atoms with E-state index in [9.17, 15) is 14.0 Å². The van der Waals surface area contributed by atoms with E-state index in [4.69, 9.17) is 15.9 Å². The van der Waals surface area contributed by atoms with Crippen molar-refractivity contribution in [3.8, 4) is 0 Å². The zero-order chi connectivity index (χ0) is 25.3. The second kappa shape index (κ2) is 10.6. The van der Waals surface area contributed by atoms with Gasteiger partial charge in [-0.05, 0) is 56.3 Å². The summed E-state index contributed by atoms with van der Waals surface area (Å²) in [5.74, 6) is -1.90. The smallest absolute Gasteiger partial charge is 0.228 e. The quantitative estimate of drug-likeness (QED) is 0.454. The van der Waals surface area contributed by atoms with Gasteiger partial charge in [0.2, 0.25) is 5.91 Å². The van der Waals surface area contributed by atoms with E-state index in [-0.39, 0.29) is 48.3 Å². The summed E-state index contributed by atoms with van der Waals surface area (Å²) in [6.45, 7) is 10.5. The third-order valence-corrected chi connectivity index (χ3v) is 7.71. The van der Waals surface area contributed by atoms with E-state index in [1.807, 2.05) is 0 Å². The van der Waals surface area contributed by atoms with Gasteiger partial charge in [0.25, 0.3) is 0 Å². The summed E-state index contributed by atoms with van der Waals surface area (Å²) in [5.41, 5.74) is 7.16. The number of fused-ring (bicyclic) bond motifs is 1. The largest absolute Gasteiger partial charge is 0.478 e. The van der Waals surface area contributed by atoms with Crippen molar-refractivity contribution in [2.75, 3.05) is 26.2 Å². The highest BCUT2D eigenvalue weighted by molar-refractivity contribution is 6.15. The molecule has 4 rings (SSSR count). The van der Waals surface area contributed by atoms with Gasteiger partial charge in [-0.2, -0.15) is 0 Å². The first kappa shape index (κ1) is 25.5. The second-order valence-corrected chi connectivity index (χ2v) is 10.3. The molecule has 2 fully saturated rings. The van der Waals surface area contributed by atoms with E-state index in [0.717, 1.165) is 25.9 Å². The minimum atomic E-state index is -0.770. The Morgan fingerprint density at radius 2 is 1.94 bits per heavy atom. The molecule has 0 saturated carbocycles. The number of nitrogens with two attached hydrogens (primary N) is 1. The number of Topliss-reactive ketones (excluding diaryl/α,β-unsaturated/α-hetero) is 1. The Kier molecular flexibility index (Phi) is 7.71. The number of likely N-dealkylation sites (tertiary alicyclic amines) is 2. The lowest BCUT2D eigenvalue weighted by molar-refractivity contribution is -0.143. The fourth-order valence-corrected chi connectivity index (χ4v) is 5.98. The Morgan fingerprint density at radius 1 is 1.23 bits per heavy atom. The van der Waals surface area contributed by atoms with Crippen LogP contribution in [0.4, 0.5) is 4.39 Å².